The molecule has 156 valence electrons. The molecule has 1 saturated carbocycles. The number of aryl methyl sites for hydroxylation is 1. The topological polar surface area (TPSA) is 41.6 Å². The highest BCUT2D eigenvalue weighted by atomic mass is 16.5. The predicted octanol–water partition coefficient (Wildman–Crippen LogP) is 4.15. The van der Waals surface area contributed by atoms with E-state index in [1.165, 1.54) is 18.2 Å². The Morgan fingerprint density at radius 3 is 2.21 bits per heavy atom. The normalized spacial score (nSPS) is 23.0. The quantitative estimate of drug-likeness (QED) is 0.683. The molecule has 1 unspecified atom stereocenters. The zero-order chi connectivity index (χ0) is 20.7. The lowest BCUT2D eigenvalue weighted by Gasteiger charge is -2.46. The molecule has 4 heteroatoms. The molecule has 0 aliphatic heterocycles. The van der Waals surface area contributed by atoms with Crippen LogP contribution in [0.1, 0.15) is 43.2 Å². The van der Waals surface area contributed by atoms with Gasteiger partial charge in [-0.3, -0.25) is 9.69 Å². The molecule has 29 heavy (non-hydrogen) atoms. The van der Waals surface area contributed by atoms with Crippen molar-refractivity contribution < 1.29 is 9.53 Å². The molecule has 0 amide bonds. The number of nitrogens with one attached hydrogen (secondary N) is 1. The summed E-state index contributed by atoms with van der Waals surface area (Å²) in [7, 11) is 5.84. The van der Waals surface area contributed by atoms with Crippen LogP contribution >= 0.6 is 0 Å². The van der Waals surface area contributed by atoms with Crippen molar-refractivity contribution in [3.8, 4) is 0 Å². The lowest BCUT2D eigenvalue weighted by atomic mass is 9.74. The number of benzene rings is 2. The summed E-state index contributed by atoms with van der Waals surface area (Å²) in [6.45, 7) is 0. The van der Waals surface area contributed by atoms with E-state index < -0.39 is 0 Å². The van der Waals surface area contributed by atoms with Gasteiger partial charge in [-0.15, -0.1) is 0 Å². The first-order valence-corrected chi connectivity index (χ1v) is 10.7. The Morgan fingerprint density at radius 2 is 1.66 bits per heavy atom. The molecule has 1 aliphatic carbocycles. The maximum Gasteiger partial charge on any atom is 0.322 e. The third-order valence-corrected chi connectivity index (χ3v) is 6.47. The largest absolute Gasteiger partial charge is 0.468 e. The lowest BCUT2D eigenvalue weighted by molar-refractivity contribution is -0.143. The molecule has 0 bridgehead atoms. The van der Waals surface area contributed by atoms with Gasteiger partial charge in [0.15, 0.2) is 0 Å². The minimum atomic E-state index is -0.256. The van der Waals surface area contributed by atoms with Crippen LogP contribution in [-0.2, 0) is 21.5 Å². The highest BCUT2D eigenvalue weighted by Gasteiger charge is 2.39. The van der Waals surface area contributed by atoms with Gasteiger partial charge < -0.3 is 10.1 Å². The summed E-state index contributed by atoms with van der Waals surface area (Å²) in [5.74, 6) is -0.159. The Balaban J connectivity index is 1.62. The van der Waals surface area contributed by atoms with E-state index in [1.54, 1.807) is 0 Å². The standard InChI is InChI=1S/C25H34N2O2/c1-27(2)25(21-12-8-5-9-13-21)18-16-22(17-19-25)26-23(24(28)29-3)15-14-20-10-6-4-7-11-20/h4-13,22-23,26H,14-19H2,1-3H3. The van der Waals surface area contributed by atoms with Crippen molar-refractivity contribution in [2.24, 2.45) is 0 Å². The van der Waals surface area contributed by atoms with Crippen LogP contribution in [-0.4, -0.2) is 44.2 Å². The molecule has 0 heterocycles. The molecular formula is C25H34N2O2. The summed E-state index contributed by atoms with van der Waals surface area (Å²) >= 11 is 0. The van der Waals surface area contributed by atoms with Crippen LogP contribution in [0, 0.1) is 0 Å². The molecule has 4 nitrogen and oxygen atoms in total. The fourth-order valence-corrected chi connectivity index (χ4v) is 4.66. The van der Waals surface area contributed by atoms with E-state index in [9.17, 15) is 4.79 Å². The number of hydrogen-bond acceptors (Lipinski definition) is 4. The fourth-order valence-electron chi connectivity index (χ4n) is 4.66. The molecule has 1 N–H and O–H groups in total. The average molecular weight is 395 g/mol. The zero-order valence-corrected chi connectivity index (χ0v) is 17.9. The fraction of sp³-hybridized carbons (Fsp3) is 0.480. The van der Waals surface area contributed by atoms with Gasteiger partial charge in [-0.05, 0) is 63.7 Å². The Kier molecular flexibility index (Phi) is 7.45. The molecule has 1 fully saturated rings. The van der Waals surface area contributed by atoms with Crippen molar-refractivity contribution >= 4 is 5.97 Å². The first kappa shape index (κ1) is 21.5. The number of methoxy groups -OCH3 is 1. The van der Waals surface area contributed by atoms with Gasteiger partial charge >= 0.3 is 5.97 Å². The third-order valence-electron chi connectivity index (χ3n) is 6.47. The number of carbonyl (C=O) groups is 1. The van der Waals surface area contributed by atoms with E-state index in [1.807, 2.05) is 18.2 Å². The number of carbonyl (C=O) groups excluding carboxylic acids is 1. The van der Waals surface area contributed by atoms with Gasteiger partial charge in [-0.1, -0.05) is 60.7 Å². The van der Waals surface area contributed by atoms with Crippen molar-refractivity contribution in [2.75, 3.05) is 21.2 Å². The van der Waals surface area contributed by atoms with Gasteiger partial charge in [0.2, 0.25) is 0 Å². The molecule has 3 rings (SSSR count). The van der Waals surface area contributed by atoms with Gasteiger partial charge in [-0.2, -0.15) is 0 Å². The van der Waals surface area contributed by atoms with E-state index in [0.717, 1.165) is 38.5 Å². The minimum Gasteiger partial charge on any atom is -0.468 e. The Labute approximate surface area is 175 Å². The Bertz CT molecular complexity index is 753. The second kappa shape index (κ2) is 10.0. The summed E-state index contributed by atoms with van der Waals surface area (Å²) < 4.78 is 5.08. The second-order valence-electron chi connectivity index (χ2n) is 8.33. The van der Waals surface area contributed by atoms with Gasteiger partial charge in [0, 0.05) is 11.6 Å². The number of ether oxygens (including phenoxy) is 1. The summed E-state index contributed by atoms with van der Waals surface area (Å²) in [5.41, 5.74) is 2.71. The van der Waals surface area contributed by atoms with Crippen LogP contribution in [0.3, 0.4) is 0 Å². The van der Waals surface area contributed by atoms with Gasteiger partial charge in [0.05, 0.1) is 7.11 Å². The summed E-state index contributed by atoms with van der Waals surface area (Å²) in [4.78, 5) is 14.7. The van der Waals surface area contributed by atoms with Crippen LogP contribution in [0.25, 0.3) is 0 Å². The van der Waals surface area contributed by atoms with Crippen LogP contribution in [0.5, 0.6) is 0 Å². The van der Waals surface area contributed by atoms with Crippen LogP contribution in [0.15, 0.2) is 60.7 Å². The molecule has 1 aliphatic rings. The molecule has 2 aromatic rings. The van der Waals surface area contributed by atoms with Crippen molar-refractivity contribution in [1.82, 2.24) is 10.2 Å². The number of esters is 1. The van der Waals surface area contributed by atoms with Crippen molar-refractivity contribution in [1.29, 1.82) is 0 Å². The highest BCUT2D eigenvalue weighted by molar-refractivity contribution is 5.75. The zero-order valence-electron chi connectivity index (χ0n) is 17.9. The summed E-state index contributed by atoms with van der Waals surface area (Å²) in [6.07, 6.45) is 5.87. The molecule has 0 spiro atoms. The SMILES string of the molecule is COC(=O)C(CCc1ccccc1)NC1CCC(c2ccccc2)(N(C)C)CC1. The predicted molar refractivity (Wildman–Crippen MR) is 118 cm³/mol. The third kappa shape index (κ3) is 5.26. The molecule has 0 saturated heterocycles. The first-order chi connectivity index (χ1) is 14.0. The lowest BCUT2D eigenvalue weighted by Crippen LogP contribution is -2.51. The van der Waals surface area contributed by atoms with Gasteiger partial charge in [-0.25, -0.2) is 0 Å². The van der Waals surface area contributed by atoms with E-state index in [2.05, 4.69) is 66.8 Å². The van der Waals surface area contributed by atoms with Crippen molar-refractivity contribution in [3.63, 3.8) is 0 Å². The van der Waals surface area contributed by atoms with E-state index in [0.29, 0.717) is 6.04 Å². The smallest absolute Gasteiger partial charge is 0.322 e. The Morgan fingerprint density at radius 1 is 1.07 bits per heavy atom. The van der Waals surface area contributed by atoms with Crippen molar-refractivity contribution in [2.45, 2.75) is 56.1 Å². The van der Waals surface area contributed by atoms with Gasteiger partial charge in [0.1, 0.15) is 6.04 Å². The van der Waals surface area contributed by atoms with E-state index in [4.69, 9.17) is 4.74 Å². The number of hydrogen-bond donors (Lipinski definition) is 1. The molecule has 0 aromatic heterocycles. The first-order valence-electron chi connectivity index (χ1n) is 10.7. The van der Waals surface area contributed by atoms with E-state index in [-0.39, 0.29) is 17.6 Å². The van der Waals surface area contributed by atoms with Crippen LogP contribution < -0.4 is 5.32 Å². The Hall–Kier alpha value is -2.17. The number of nitrogens with zero attached hydrogens (tertiary/aromatic N) is 1. The van der Waals surface area contributed by atoms with Gasteiger partial charge in [0.25, 0.3) is 0 Å². The number of rotatable bonds is 8. The van der Waals surface area contributed by atoms with Crippen molar-refractivity contribution in [3.05, 3.63) is 71.8 Å². The molecule has 0 radical (unpaired) electrons. The van der Waals surface area contributed by atoms with E-state index >= 15 is 0 Å². The maximum absolute atomic E-state index is 12.4. The second-order valence-corrected chi connectivity index (χ2v) is 8.33. The molecule has 1 atom stereocenters. The minimum absolute atomic E-state index is 0.0737. The summed E-state index contributed by atoms with van der Waals surface area (Å²) in [5, 5.41) is 3.61. The maximum atomic E-state index is 12.4. The average Bonchev–Trinajstić information content (AvgIpc) is 2.77. The molecule has 2 aromatic carbocycles. The highest BCUT2D eigenvalue weighted by Crippen LogP contribution is 2.41. The van der Waals surface area contributed by atoms with Crippen LogP contribution in [0.4, 0.5) is 0 Å². The summed E-state index contributed by atoms with van der Waals surface area (Å²) in [6, 6.07) is 21.2. The molecular weight excluding hydrogens is 360 g/mol. The van der Waals surface area contributed by atoms with Crippen LogP contribution in [0.2, 0.25) is 0 Å². The monoisotopic (exact) mass is 394 g/mol.